The Morgan fingerprint density at radius 2 is 2.44 bits per heavy atom. The Morgan fingerprint density at radius 1 is 1.62 bits per heavy atom. The monoisotopic (exact) mass is 225 g/mol. The van der Waals surface area contributed by atoms with E-state index < -0.39 is 5.69 Å². The minimum absolute atomic E-state index is 0.174. The Hall–Kier alpha value is -1.56. The van der Waals surface area contributed by atoms with Crippen LogP contribution in [0.15, 0.2) is 15.7 Å². The second-order valence-electron chi connectivity index (χ2n) is 3.90. The van der Waals surface area contributed by atoms with Gasteiger partial charge in [-0.05, 0) is 12.8 Å². The highest BCUT2D eigenvalue weighted by atomic mass is 16.5. The number of hydrogen-bond acceptors (Lipinski definition) is 4. The van der Waals surface area contributed by atoms with Crippen molar-refractivity contribution in [2.45, 2.75) is 18.9 Å². The van der Waals surface area contributed by atoms with Crippen LogP contribution in [0, 0.1) is 0 Å². The summed E-state index contributed by atoms with van der Waals surface area (Å²) in [5, 5.41) is 3.00. The fourth-order valence-electron chi connectivity index (χ4n) is 1.68. The molecule has 16 heavy (non-hydrogen) atoms. The van der Waals surface area contributed by atoms with Crippen LogP contribution in [0.1, 0.15) is 12.8 Å². The molecular formula is C10H15N3O3. The molecule has 0 amide bonds. The Morgan fingerprint density at radius 3 is 3.06 bits per heavy atom. The van der Waals surface area contributed by atoms with Crippen LogP contribution in [0.25, 0.3) is 0 Å². The molecule has 0 unspecified atom stereocenters. The largest absolute Gasteiger partial charge is 0.376 e. The Bertz CT molecular complexity index is 440. The maximum absolute atomic E-state index is 11.3. The topological polar surface area (TPSA) is 76.1 Å². The van der Waals surface area contributed by atoms with Crippen LogP contribution in [0.4, 0.5) is 5.82 Å². The molecule has 1 aliphatic heterocycles. The highest BCUT2D eigenvalue weighted by Crippen LogP contribution is 2.11. The van der Waals surface area contributed by atoms with E-state index in [4.69, 9.17) is 4.74 Å². The number of aromatic nitrogens is 2. The van der Waals surface area contributed by atoms with Gasteiger partial charge in [-0.15, -0.1) is 0 Å². The van der Waals surface area contributed by atoms with E-state index in [1.54, 1.807) is 0 Å². The van der Waals surface area contributed by atoms with E-state index in [1.165, 1.54) is 13.1 Å². The van der Waals surface area contributed by atoms with Crippen LogP contribution >= 0.6 is 0 Å². The molecule has 6 nitrogen and oxygen atoms in total. The molecule has 88 valence electrons. The third kappa shape index (κ3) is 2.33. The van der Waals surface area contributed by atoms with Gasteiger partial charge in [0.2, 0.25) is 0 Å². The Kier molecular flexibility index (Phi) is 3.09. The summed E-state index contributed by atoms with van der Waals surface area (Å²) >= 11 is 0. The van der Waals surface area contributed by atoms with E-state index in [-0.39, 0.29) is 11.7 Å². The lowest BCUT2D eigenvalue weighted by molar-refractivity contribution is 0.120. The van der Waals surface area contributed by atoms with Crippen molar-refractivity contribution >= 4 is 5.82 Å². The molecule has 2 rings (SSSR count). The van der Waals surface area contributed by atoms with Gasteiger partial charge in [0.1, 0.15) is 5.82 Å². The molecule has 1 aromatic heterocycles. The van der Waals surface area contributed by atoms with Crippen molar-refractivity contribution in [3.8, 4) is 0 Å². The highest BCUT2D eigenvalue weighted by molar-refractivity contribution is 5.31. The van der Waals surface area contributed by atoms with Gasteiger partial charge in [0.15, 0.2) is 0 Å². The molecule has 0 saturated carbocycles. The van der Waals surface area contributed by atoms with E-state index >= 15 is 0 Å². The van der Waals surface area contributed by atoms with Gasteiger partial charge < -0.3 is 10.1 Å². The Balaban J connectivity index is 2.04. The third-order valence-electron chi connectivity index (χ3n) is 2.69. The molecule has 0 bridgehead atoms. The fraction of sp³-hybridized carbons (Fsp3) is 0.600. The molecule has 0 aliphatic carbocycles. The van der Waals surface area contributed by atoms with Crippen LogP contribution in [0.2, 0.25) is 0 Å². The lowest BCUT2D eigenvalue weighted by atomic mass is 10.2. The number of nitrogens with zero attached hydrogens (tertiary/aromatic N) is 1. The summed E-state index contributed by atoms with van der Waals surface area (Å²) in [6.45, 7) is 1.41. The van der Waals surface area contributed by atoms with Gasteiger partial charge in [0.25, 0.3) is 5.56 Å². The number of aromatic amines is 1. The summed E-state index contributed by atoms with van der Waals surface area (Å²) in [4.78, 5) is 25.2. The van der Waals surface area contributed by atoms with E-state index in [1.807, 2.05) is 0 Å². The second kappa shape index (κ2) is 4.52. The first-order valence-electron chi connectivity index (χ1n) is 5.32. The predicted molar refractivity (Wildman–Crippen MR) is 59.8 cm³/mol. The molecule has 1 aliphatic rings. The van der Waals surface area contributed by atoms with Gasteiger partial charge in [-0.25, -0.2) is 4.79 Å². The first-order chi connectivity index (χ1) is 7.66. The highest BCUT2D eigenvalue weighted by Gasteiger charge is 2.15. The molecule has 0 spiro atoms. The van der Waals surface area contributed by atoms with Gasteiger partial charge >= 0.3 is 5.69 Å². The summed E-state index contributed by atoms with van der Waals surface area (Å²) in [6, 6.07) is 1.37. The SMILES string of the molecule is Cn1c(=O)cc(NC[C@@H]2CCCO2)[nH]c1=O. The second-order valence-corrected chi connectivity index (χ2v) is 3.90. The summed E-state index contributed by atoms with van der Waals surface area (Å²) in [7, 11) is 1.44. The zero-order valence-corrected chi connectivity index (χ0v) is 9.16. The number of anilines is 1. The summed E-state index contributed by atoms with van der Waals surface area (Å²) in [5.74, 6) is 0.448. The normalized spacial score (nSPS) is 19.9. The molecule has 1 atom stereocenters. The van der Waals surface area contributed by atoms with Crippen LogP contribution in [-0.2, 0) is 11.8 Å². The van der Waals surface area contributed by atoms with Crippen molar-refractivity contribution in [3.05, 3.63) is 26.9 Å². The molecular weight excluding hydrogens is 210 g/mol. The first kappa shape index (κ1) is 10.9. The lowest BCUT2D eigenvalue weighted by Crippen LogP contribution is -2.33. The average molecular weight is 225 g/mol. The minimum atomic E-state index is -0.414. The zero-order valence-electron chi connectivity index (χ0n) is 9.16. The molecule has 0 aromatic carbocycles. The molecule has 2 N–H and O–H groups in total. The maximum Gasteiger partial charge on any atom is 0.329 e. The number of H-pyrrole nitrogens is 1. The van der Waals surface area contributed by atoms with E-state index in [0.29, 0.717) is 12.4 Å². The van der Waals surface area contributed by atoms with Crippen molar-refractivity contribution in [1.29, 1.82) is 0 Å². The predicted octanol–water partition coefficient (Wildman–Crippen LogP) is -0.336. The van der Waals surface area contributed by atoms with Gasteiger partial charge in [0.05, 0.1) is 6.10 Å². The van der Waals surface area contributed by atoms with Crippen LogP contribution in [0.5, 0.6) is 0 Å². The first-order valence-corrected chi connectivity index (χ1v) is 5.32. The standard InChI is InChI=1S/C10H15N3O3/c1-13-9(14)5-8(12-10(13)15)11-6-7-3-2-4-16-7/h5,7,11H,2-4,6H2,1H3,(H,12,15)/t7-/m0/s1. The average Bonchev–Trinajstić information content (AvgIpc) is 2.75. The van der Waals surface area contributed by atoms with Crippen molar-refractivity contribution in [2.24, 2.45) is 7.05 Å². The van der Waals surface area contributed by atoms with Crippen LogP contribution in [-0.4, -0.2) is 28.8 Å². The van der Waals surface area contributed by atoms with Gasteiger partial charge in [-0.3, -0.25) is 14.3 Å². The van der Waals surface area contributed by atoms with Crippen molar-refractivity contribution in [1.82, 2.24) is 9.55 Å². The minimum Gasteiger partial charge on any atom is -0.376 e. The fourth-order valence-corrected chi connectivity index (χ4v) is 1.68. The van der Waals surface area contributed by atoms with Crippen molar-refractivity contribution < 1.29 is 4.74 Å². The van der Waals surface area contributed by atoms with E-state index in [9.17, 15) is 9.59 Å². The zero-order chi connectivity index (χ0) is 11.5. The molecule has 2 heterocycles. The number of ether oxygens (including phenoxy) is 1. The lowest BCUT2D eigenvalue weighted by Gasteiger charge is -2.11. The van der Waals surface area contributed by atoms with E-state index in [0.717, 1.165) is 24.0 Å². The summed E-state index contributed by atoms with van der Waals surface area (Å²) in [6.07, 6.45) is 2.26. The molecule has 1 saturated heterocycles. The summed E-state index contributed by atoms with van der Waals surface area (Å²) in [5.41, 5.74) is -0.735. The van der Waals surface area contributed by atoms with Gasteiger partial charge in [-0.2, -0.15) is 0 Å². The number of nitrogens with one attached hydrogen (secondary N) is 2. The summed E-state index contributed by atoms with van der Waals surface area (Å²) < 4.78 is 6.45. The molecule has 1 fully saturated rings. The van der Waals surface area contributed by atoms with Gasteiger partial charge in [0, 0.05) is 26.3 Å². The van der Waals surface area contributed by atoms with Crippen LogP contribution < -0.4 is 16.6 Å². The quantitative estimate of drug-likeness (QED) is 0.738. The van der Waals surface area contributed by atoms with Crippen molar-refractivity contribution in [3.63, 3.8) is 0 Å². The maximum atomic E-state index is 11.3. The van der Waals surface area contributed by atoms with Gasteiger partial charge in [-0.1, -0.05) is 0 Å². The number of hydrogen-bond donors (Lipinski definition) is 2. The molecule has 1 aromatic rings. The van der Waals surface area contributed by atoms with Crippen LogP contribution in [0.3, 0.4) is 0 Å². The smallest absolute Gasteiger partial charge is 0.329 e. The Labute approximate surface area is 92.3 Å². The molecule has 0 radical (unpaired) electrons. The van der Waals surface area contributed by atoms with Crippen molar-refractivity contribution in [2.75, 3.05) is 18.5 Å². The number of rotatable bonds is 3. The molecule has 6 heteroatoms. The van der Waals surface area contributed by atoms with E-state index in [2.05, 4.69) is 10.3 Å². The third-order valence-corrected chi connectivity index (χ3v) is 2.69.